The molecule has 0 radical (unpaired) electrons. The third-order valence-electron chi connectivity index (χ3n) is 3.65. The van der Waals surface area contributed by atoms with Gasteiger partial charge in [-0.2, -0.15) is 0 Å². The summed E-state index contributed by atoms with van der Waals surface area (Å²) in [4.78, 5) is 2.46. The third-order valence-corrected chi connectivity index (χ3v) is 3.65. The van der Waals surface area contributed by atoms with Crippen LogP contribution in [0.2, 0.25) is 0 Å². The van der Waals surface area contributed by atoms with Gasteiger partial charge in [-0.15, -0.1) is 0 Å². The number of hydrogen-bond acceptors (Lipinski definition) is 4. The molecule has 3 unspecified atom stereocenters. The average Bonchev–Trinajstić information content (AvgIpc) is 2.27. The van der Waals surface area contributed by atoms with E-state index in [4.69, 9.17) is 4.74 Å². The molecular formula is C13H28N2O2. The SMILES string of the molecule is CNC(C)(CO)CCCN1CC(C)OC(C)C1. The van der Waals surface area contributed by atoms with E-state index in [0.717, 1.165) is 32.5 Å². The van der Waals surface area contributed by atoms with Crippen LogP contribution in [0.4, 0.5) is 0 Å². The molecule has 0 aliphatic carbocycles. The molecule has 0 aromatic carbocycles. The van der Waals surface area contributed by atoms with Crippen molar-refractivity contribution in [2.45, 2.75) is 51.4 Å². The molecule has 102 valence electrons. The molecule has 1 saturated heterocycles. The number of likely N-dealkylation sites (N-methyl/N-ethyl adjacent to an activating group) is 1. The van der Waals surface area contributed by atoms with Crippen LogP contribution in [0.25, 0.3) is 0 Å². The smallest absolute Gasteiger partial charge is 0.0678 e. The highest BCUT2D eigenvalue weighted by atomic mass is 16.5. The summed E-state index contributed by atoms with van der Waals surface area (Å²) in [5.74, 6) is 0. The largest absolute Gasteiger partial charge is 0.394 e. The van der Waals surface area contributed by atoms with Crippen molar-refractivity contribution >= 4 is 0 Å². The van der Waals surface area contributed by atoms with Crippen LogP contribution in [-0.4, -0.2) is 61.0 Å². The van der Waals surface area contributed by atoms with Gasteiger partial charge in [-0.3, -0.25) is 4.90 Å². The van der Waals surface area contributed by atoms with E-state index in [2.05, 4.69) is 31.0 Å². The lowest BCUT2D eigenvalue weighted by Gasteiger charge is -2.36. The number of nitrogens with one attached hydrogen (secondary N) is 1. The third kappa shape index (κ3) is 4.92. The van der Waals surface area contributed by atoms with Gasteiger partial charge in [0, 0.05) is 18.6 Å². The van der Waals surface area contributed by atoms with Gasteiger partial charge >= 0.3 is 0 Å². The van der Waals surface area contributed by atoms with Crippen LogP contribution in [0.1, 0.15) is 33.6 Å². The molecule has 4 nitrogen and oxygen atoms in total. The Morgan fingerprint density at radius 3 is 2.41 bits per heavy atom. The van der Waals surface area contributed by atoms with Gasteiger partial charge < -0.3 is 15.2 Å². The number of aliphatic hydroxyl groups excluding tert-OH is 1. The minimum atomic E-state index is -0.135. The Morgan fingerprint density at radius 1 is 1.35 bits per heavy atom. The lowest BCUT2D eigenvalue weighted by Crippen LogP contribution is -2.47. The summed E-state index contributed by atoms with van der Waals surface area (Å²) < 4.78 is 5.71. The van der Waals surface area contributed by atoms with E-state index in [1.807, 2.05) is 7.05 Å². The normalized spacial score (nSPS) is 30.2. The molecule has 1 aliphatic heterocycles. The number of morpholine rings is 1. The zero-order valence-electron chi connectivity index (χ0n) is 11.7. The molecule has 1 fully saturated rings. The summed E-state index contributed by atoms with van der Waals surface area (Å²) in [7, 11) is 1.91. The first-order valence-corrected chi connectivity index (χ1v) is 6.66. The molecule has 0 aromatic heterocycles. The summed E-state index contributed by atoms with van der Waals surface area (Å²) in [5.41, 5.74) is -0.135. The molecule has 1 aliphatic rings. The van der Waals surface area contributed by atoms with Crippen LogP contribution in [0.5, 0.6) is 0 Å². The fourth-order valence-electron chi connectivity index (χ4n) is 2.44. The fourth-order valence-corrected chi connectivity index (χ4v) is 2.44. The Bertz CT molecular complexity index is 209. The quantitative estimate of drug-likeness (QED) is 0.727. The zero-order chi connectivity index (χ0) is 12.9. The molecule has 2 N–H and O–H groups in total. The topological polar surface area (TPSA) is 44.7 Å². The number of aliphatic hydroxyl groups is 1. The van der Waals surface area contributed by atoms with Crippen molar-refractivity contribution in [3.05, 3.63) is 0 Å². The van der Waals surface area contributed by atoms with E-state index in [9.17, 15) is 5.11 Å². The van der Waals surface area contributed by atoms with Crippen molar-refractivity contribution in [1.29, 1.82) is 0 Å². The lowest BCUT2D eigenvalue weighted by atomic mass is 9.97. The minimum Gasteiger partial charge on any atom is -0.394 e. The summed E-state index contributed by atoms with van der Waals surface area (Å²) in [6, 6.07) is 0. The highest BCUT2D eigenvalue weighted by Crippen LogP contribution is 2.14. The summed E-state index contributed by atoms with van der Waals surface area (Å²) in [6.07, 6.45) is 2.79. The van der Waals surface area contributed by atoms with Crippen molar-refractivity contribution < 1.29 is 9.84 Å². The van der Waals surface area contributed by atoms with E-state index in [1.165, 1.54) is 0 Å². The first-order valence-electron chi connectivity index (χ1n) is 6.66. The minimum absolute atomic E-state index is 0.135. The second kappa shape index (κ2) is 6.69. The van der Waals surface area contributed by atoms with Gasteiger partial charge in [-0.1, -0.05) is 0 Å². The first-order chi connectivity index (χ1) is 7.99. The predicted octanol–water partition coefficient (Wildman–Crippen LogP) is 0.846. The van der Waals surface area contributed by atoms with E-state index < -0.39 is 0 Å². The maximum atomic E-state index is 9.31. The lowest BCUT2D eigenvalue weighted by molar-refractivity contribution is -0.0685. The molecule has 1 rings (SSSR count). The van der Waals surface area contributed by atoms with Gasteiger partial charge in [0.05, 0.1) is 18.8 Å². The molecular weight excluding hydrogens is 216 g/mol. The van der Waals surface area contributed by atoms with Crippen LogP contribution < -0.4 is 5.32 Å². The predicted molar refractivity (Wildman–Crippen MR) is 70.2 cm³/mol. The molecule has 4 heteroatoms. The van der Waals surface area contributed by atoms with Crippen molar-refractivity contribution in [2.24, 2.45) is 0 Å². The van der Waals surface area contributed by atoms with Crippen LogP contribution in [0, 0.1) is 0 Å². The Hall–Kier alpha value is -0.160. The maximum absolute atomic E-state index is 9.31. The Balaban J connectivity index is 2.26. The van der Waals surface area contributed by atoms with Gasteiger partial charge in [-0.25, -0.2) is 0 Å². The first kappa shape index (κ1) is 14.9. The maximum Gasteiger partial charge on any atom is 0.0678 e. The number of nitrogens with zero attached hydrogens (tertiary/aromatic N) is 1. The van der Waals surface area contributed by atoms with Crippen LogP contribution in [-0.2, 0) is 4.74 Å². The summed E-state index contributed by atoms with van der Waals surface area (Å²) in [5, 5.41) is 12.5. The van der Waals surface area contributed by atoms with E-state index in [1.54, 1.807) is 0 Å². The van der Waals surface area contributed by atoms with Crippen molar-refractivity contribution in [3.63, 3.8) is 0 Å². The number of hydrogen-bond donors (Lipinski definition) is 2. The molecule has 0 spiro atoms. The van der Waals surface area contributed by atoms with Crippen molar-refractivity contribution in [2.75, 3.05) is 33.3 Å². The van der Waals surface area contributed by atoms with Crippen molar-refractivity contribution in [1.82, 2.24) is 10.2 Å². The molecule has 0 aromatic rings. The van der Waals surface area contributed by atoms with Gasteiger partial charge in [-0.05, 0) is 47.2 Å². The van der Waals surface area contributed by atoms with Gasteiger partial charge in [0.1, 0.15) is 0 Å². The zero-order valence-corrected chi connectivity index (χ0v) is 11.7. The molecule has 1 heterocycles. The average molecular weight is 244 g/mol. The van der Waals surface area contributed by atoms with Crippen LogP contribution >= 0.6 is 0 Å². The molecule has 0 bridgehead atoms. The van der Waals surface area contributed by atoms with E-state index >= 15 is 0 Å². The second-order valence-electron chi connectivity index (χ2n) is 5.59. The molecule has 17 heavy (non-hydrogen) atoms. The highest BCUT2D eigenvalue weighted by molar-refractivity contribution is 4.81. The Labute approximate surface area is 105 Å². The van der Waals surface area contributed by atoms with Crippen LogP contribution in [0.3, 0.4) is 0 Å². The highest BCUT2D eigenvalue weighted by Gasteiger charge is 2.24. The van der Waals surface area contributed by atoms with E-state index in [0.29, 0.717) is 12.2 Å². The second-order valence-corrected chi connectivity index (χ2v) is 5.59. The molecule has 0 saturated carbocycles. The van der Waals surface area contributed by atoms with Gasteiger partial charge in [0.2, 0.25) is 0 Å². The van der Waals surface area contributed by atoms with Gasteiger partial charge in [0.25, 0.3) is 0 Å². The van der Waals surface area contributed by atoms with Gasteiger partial charge in [0.15, 0.2) is 0 Å². The van der Waals surface area contributed by atoms with Crippen molar-refractivity contribution in [3.8, 4) is 0 Å². The Morgan fingerprint density at radius 2 is 1.94 bits per heavy atom. The molecule has 3 atom stereocenters. The van der Waals surface area contributed by atoms with E-state index in [-0.39, 0.29) is 12.1 Å². The Kier molecular flexibility index (Phi) is 5.86. The fraction of sp³-hybridized carbons (Fsp3) is 1.00. The monoisotopic (exact) mass is 244 g/mol. The number of ether oxygens (including phenoxy) is 1. The van der Waals surface area contributed by atoms with Crippen LogP contribution in [0.15, 0.2) is 0 Å². The number of rotatable bonds is 6. The summed E-state index contributed by atoms with van der Waals surface area (Å²) in [6.45, 7) is 9.67. The summed E-state index contributed by atoms with van der Waals surface area (Å²) >= 11 is 0. The standard InChI is InChI=1S/C13H28N2O2/c1-11-8-15(9-12(2)17-11)7-5-6-13(3,10-16)14-4/h11-12,14,16H,5-10H2,1-4H3. The molecule has 0 amide bonds.